The topological polar surface area (TPSA) is 120 Å². The standard InChI is InChI=1S/C23H23F4N5O4S/c1-22(2,3)36-21(33)29-15(10-13-4-8-18(28-12-13)23(25,26)27)6-9-19-30-31-20(37-19)14-5-7-17(32(34)35)16(24)11-14/h4-5,7-8,11-12,15H,6,9-10H2,1-3H3,(H,29,33)/t15-/m1/s1. The second-order valence-corrected chi connectivity index (χ2v) is 10.1. The van der Waals surface area contributed by atoms with E-state index in [0.717, 1.165) is 35.7 Å². The Morgan fingerprint density at radius 1 is 1.19 bits per heavy atom. The zero-order valence-electron chi connectivity index (χ0n) is 20.0. The number of nitro groups is 1. The molecule has 3 rings (SSSR count). The lowest BCUT2D eigenvalue weighted by Gasteiger charge is -2.23. The Labute approximate surface area is 213 Å². The minimum Gasteiger partial charge on any atom is -0.444 e. The number of nitro benzene ring substituents is 1. The van der Waals surface area contributed by atoms with E-state index < -0.39 is 46.0 Å². The maximum absolute atomic E-state index is 14.0. The molecule has 0 aliphatic heterocycles. The van der Waals surface area contributed by atoms with Crippen molar-refractivity contribution in [3.05, 3.63) is 68.7 Å². The molecule has 37 heavy (non-hydrogen) atoms. The number of pyridine rings is 1. The van der Waals surface area contributed by atoms with Gasteiger partial charge in [0.15, 0.2) is 0 Å². The van der Waals surface area contributed by atoms with Gasteiger partial charge in [0, 0.05) is 30.3 Å². The minimum absolute atomic E-state index is 0.184. The SMILES string of the molecule is CC(C)(C)OC(=O)N[C@H](CCc1nnc(-c2ccc([N+](=O)[O-])c(F)c2)s1)Cc1ccc(C(F)(F)F)nc1. The number of alkyl halides is 3. The predicted molar refractivity (Wildman–Crippen MR) is 126 cm³/mol. The number of carbonyl (C=O) groups excluding carboxylic acids is 1. The van der Waals surface area contributed by atoms with Gasteiger partial charge in [-0.15, -0.1) is 10.2 Å². The van der Waals surface area contributed by atoms with Crippen molar-refractivity contribution in [2.45, 2.75) is 57.9 Å². The Hall–Kier alpha value is -3.68. The molecular formula is C23H23F4N5O4S. The Balaban J connectivity index is 1.72. The van der Waals surface area contributed by atoms with E-state index in [1.807, 2.05) is 0 Å². The summed E-state index contributed by atoms with van der Waals surface area (Å²) in [4.78, 5) is 25.8. The number of hydrogen-bond donors (Lipinski definition) is 1. The first-order valence-electron chi connectivity index (χ1n) is 11.0. The summed E-state index contributed by atoms with van der Waals surface area (Å²) in [6, 6.07) is 5.07. The van der Waals surface area contributed by atoms with Crippen molar-refractivity contribution in [3.8, 4) is 10.6 Å². The molecule has 0 saturated heterocycles. The normalized spacial score (nSPS) is 12.7. The van der Waals surface area contributed by atoms with E-state index in [9.17, 15) is 32.5 Å². The van der Waals surface area contributed by atoms with Gasteiger partial charge in [0.2, 0.25) is 5.82 Å². The van der Waals surface area contributed by atoms with Gasteiger partial charge in [-0.25, -0.2) is 4.79 Å². The highest BCUT2D eigenvalue weighted by Crippen LogP contribution is 2.29. The number of ether oxygens (including phenoxy) is 1. The van der Waals surface area contributed by atoms with Crippen LogP contribution in [0.2, 0.25) is 0 Å². The molecule has 0 saturated carbocycles. The first-order valence-corrected chi connectivity index (χ1v) is 11.8. The van der Waals surface area contributed by atoms with Crippen LogP contribution in [0.25, 0.3) is 10.6 Å². The zero-order chi connectivity index (χ0) is 27.4. The molecule has 2 heterocycles. The molecule has 0 aliphatic carbocycles. The number of aromatic nitrogens is 3. The quantitative estimate of drug-likeness (QED) is 0.220. The third-order valence-electron chi connectivity index (χ3n) is 4.88. The highest BCUT2D eigenvalue weighted by Gasteiger charge is 2.32. The molecule has 2 aromatic heterocycles. The number of carbonyl (C=O) groups is 1. The van der Waals surface area contributed by atoms with Crippen LogP contribution in [0.5, 0.6) is 0 Å². The van der Waals surface area contributed by atoms with Crippen LogP contribution < -0.4 is 5.32 Å². The van der Waals surface area contributed by atoms with Gasteiger partial charge in [0.1, 0.15) is 21.3 Å². The van der Waals surface area contributed by atoms with Crippen LogP contribution in [0, 0.1) is 15.9 Å². The van der Waals surface area contributed by atoms with E-state index in [0.29, 0.717) is 34.0 Å². The molecule has 3 aromatic rings. The fourth-order valence-electron chi connectivity index (χ4n) is 3.25. The van der Waals surface area contributed by atoms with Gasteiger partial charge in [-0.05, 0) is 57.4 Å². The summed E-state index contributed by atoms with van der Waals surface area (Å²) in [5, 5.41) is 22.5. The maximum atomic E-state index is 14.0. The van der Waals surface area contributed by atoms with Crippen LogP contribution in [-0.2, 0) is 23.8 Å². The van der Waals surface area contributed by atoms with Gasteiger partial charge < -0.3 is 10.1 Å². The molecule has 1 N–H and O–H groups in total. The molecule has 0 spiro atoms. The minimum atomic E-state index is -4.56. The smallest absolute Gasteiger partial charge is 0.433 e. The lowest BCUT2D eigenvalue weighted by atomic mass is 10.0. The van der Waals surface area contributed by atoms with E-state index in [-0.39, 0.29) is 6.42 Å². The fourth-order valence-corrected chi connectivity index (χ4v) is 4.11. The van der Waals surface area contributed by atoms with Crippen molar-refractivity contribution < 1.29 is 32.0 Å². The third kappa shape index (κ3) is 8.17. The number of aryl methyl sites for hydroxylation is 1. The van der Waals surface area contributed by atoms with Gasteiger partial charge in [0.05, 0.1) is 4.92 Å². The summed E-state index contributed by atoms with van der Waals surface area (Å²) in [7, 11) is 0. The van der Waals surface area contributed by atoms with Crippen molar-refractivity contribution >= 4 is 23.1 Å². The largest absolute Gasteiger partial charge is 0.444 e. The van der Waals surface area contributed by atoms with Crippen LogP contribution in [0.3, 0.4) is 0 Å². The summed E-state index contributed by atoms with van der Waals surface area (Å²) in [6.07, 6.45) is -3.28. The highest BCUT2D eigenvalue weighted by atomic mass is 32.1. The molecule has 1 aromatic carbocycles. The number of hydrogen-bond acceptors (Lipinski definition) is 8. The summed E-state index contributed by atoms with van der Waals surface area (Å²) in [5.41, 5.74) is -1.61. The molecular weight excluding hydrogens is 518 g/mol. The van der Waals surface area contributed by atoms with Gasteiger partial charge in [-0.1, -0.05) is 17.4 Å². The van der Waals surface area contributed by atoms with Crippen LogP contribution in [-0.4, -0.2) is 37.8 Å². The number of benzene rings is 1. The lowest BCUT2D eigenvalue weighted by molar-refractivity contribution is -0.387. The maximum Gasteiger partial charge on any atom is 0.433 e. The van der Waals surface area contributed by atoms with Crippen LogP contribution in [0.4, 0.5) is 28.0 Å². The first-order chi connectivity index (χ1) is 17.2. The van der Waals surface area contributed by atoms with Crippen LogP contribution in [0.15, 0.2) is 36.5 Å². The summed E-state index contributed by atoms with van der Waals surface area (Å²) < 4.78 is 57.7. The molecule has 14 heteroatoms. The van der Waals surface area contributed by atoms with Crippen molar-refractivity contribution in [1.29, 1.82) is 0 Å². The van der Waals surface area contributed by atoms with Gasteiger partial charge >= 0.3 is 18.0 Å². The lowest BCUT2D eigenvalue weighted by Crippen LogP contribution is -2.40. The molecule has 0 bridgehead atoms. The number of nitrogens with one attached hydrogen (secondary N) is 1. The number of alkyl carbamates (subject to hydrolysis) is 1. The van der Waals surface area contributed by atoms with Crippen molar-refractivity contribution in [2.24, 2.45) is 0 Å². The van der Waals surface area contributed by atoms with E-state index in [2.05, 4.69) is 20.5 Å². The predicted octanol–water partition coefficient (Wildman–Crippen LogP) is 5.73. The molecule has 0 unspecified atom stereocenters. The average Bonchev–Trinajstić information content (AvgIpc) is 3.25. The molecule has 198 valence electrons. The fraction of sp³-hybridized carbons (Fsp3) is 0.391. The zero-order valence-corrected chi connectivity index (χ0v) is 20.8. The first kappa shape index (κ1) is 27.9. The van der Waals surface area contributed by atoms with Gasteiger partial charge in [-0.2, -0.15) is 17.6 Å². The number of amides is 1. The summed E-state index contributed by atoms with van der Waals surface area (Å²) in [6.45, 7) is 5.10. The molecule has 0 aliphatic rings. The van der Waals surface area contributed by atoms with E-state index in [4.69, 9.17) is 4.74 Å². The molecule has 9 nitrogen and oxygen atoms in total. The Kier molecular flexibility index (Phi) is 8.41. The highest BCUT2D eigenvalue weighted by molar-refractivity contribution is 7.14. The number of halogens is 4. The number of rotatable bonds is 8. The Bertz CT molecular complexity index is 1260. The second-order valence-electron chi connectivity index (χ2n) is 9.06. The number of nitrogens with zero attached hydrogens (tertiary/aromatic N) is 4. The van der Waals surface area contributed by atoms with E-state index in [1.54, 1.807) is 20.8 Å². The second kappa shape index (κ2) is 11.2. The van der Waals surface area contributed by atoms with Crippen molar-refractivity contribution in [1.82, 2.24) is 20.5 Å². The van der Waals surface area contributed by atoms with E-state index in [1.165, 1.54) is 12.1 Å². The van der Waals surface area contributed by atoms with Crippen molar-refractivity contribution in [2.75, 3.05) is 0 Å². The van der Waals surface area contributed by atoms with E-state index >= 15 is 0 Å². The van der Waals surface area contributed by atoms with Crippen LogP contribution in [0.1, 0.15) is 43.5 Å². The monoisotopic (exact) mass is 541 g/mol. The van der Waals surface area contributed by atoms with Crippen LogP contribution >= 0.6 is 11.3 Å². The van der Waals surface area contributed by atoms with Gasteiger partial charge in [0.25, 0.3) is 0 Å². The molecule has 0 radical (unpaired) electrons. The van der Waals surface area contributed by atoms with Gasteiger partial charge in [-0.3, -0.25) is 15.1 Å². The summed E-state index contributed by atoms with van der Waals surface area (Å²) in [5.74, 6) is -0.994. The molecule has 1 amide bonds. The Morgan fingerprint density at radius 2 is 1.92 bits per heavy atom. The Morgan fingerprint density at radius 3 is 2.49 bits per heavy atom. The van der Waals surface area contributed by atoms with Crippen molar-refractivity contribution in [3.63, 3.8) is 0 Å². The average molecular weight is 542 g/mol. The summed E-state index contributed by atoms with van der Waals surface area (Å²) >= 11 is 1.15. The third-order valence-corrected chi connectivity index (χ3v) is 5.92. The molecule has 0 fully saturated rings. The molecule has 1 atom stereocenters.